The van der Waals surface area contributed by atoms with E-state index in [1.165, 1.54) is 0 Å². The first-order valence-corrected chi connectivity index (χ1v) is 6.46. The first kappa shape index (κ1) is 12.8. The number of rotatable bonds is 6. The minimum absolute atomic E-state index is 0.334. The molecule has 86 valence electrons. The molecule has 0 spiro atoms. The third-order valence-electron chi connectivity index (χ3n) is 2.73. The van der Waals surface area contributed by atoms with Crippen LogP contribution >= 0.6 is 15.9 Å². The second kappa shape index (κ2) is 6.33. The molecule has 2 unspecified atom stereocenters. The van der Waals surface area contributed by atoms with E-state index in [4.69, 9.17) is 4.42 Å². The van der Waals surface area contributed by atoms with Crippen molar-refractivity contribution in [2.75, 3.05) is 6.54 Å². The SMILES string of the molecule is CCCNC(c1ccc(Br)o1)C(C)CC. The fourth-order valence-electron chi connectivity index (χ4n) is 1.61. The molecule has 0 aliphatic carbocycles. The van der Waals surface area contributed by atoms with Crippen LogP contribution in [0.25, 0.3) is 0 Å². The summed E-state index contributed by atoms with van der Waals surface area (Å²) in [4.78, 5) is 0. The average Bonchev–Trinajstić information content (AvgIpc) is 2.65. The van der Waals surface area contributed by atoms with Gasteiger partial charge in [0.2, 0.25) is 0 Å². The Hall–Kier alpha value is -0.280. The van der Waals surface area contributed by atoms with E-state index in [0.29, 0.717) is 12.0 Å². The first-order chi connectivity index (χ1) is 7.19. The molecule has 2 nitrogen and oxygen atoms in total. The van der Waals surface area contributed by atoms with Crippen LogP contribution in [0.3, 0.4) is 0 Å². The second-order valence-electron chi connectivity index (χ2n) is 3.96. The molecule has 1 heterocycles. The van der Waals surface area contributed by atoms with Crippen molar-refractivity contribution in [3.05, 3.63) is 22.6 Å². The van der Waals surface area contributed by atoms with Crippen LogP contribution in [0.15, 0.2) is 21.2 Å². The predicted molar refractivity (Wildman–Crippen MR) is 66.9 cm³/mol. The Balaban J connectivity index is 2.71. The fraction of sp³-hybridized carbons (Fsp3) is 0.667. The first-order valence-electron chi connectivity index (χ1n) is 5.67. The quantitative estimate of drug-likeness (QED) is 0.843. The third kappa shape index (κ3) is 3.65. The van der Waals surface area contributed by atoms with Gasteiger partial charge in [-0.1, -0.05) is 27.2 Å². The third-order valence-corrected chi connectivity index (χ3v) is 3.15. The van der Waals surface area contributed by atoms with Gasteiger partial charge >= 0.3 is 0 Å². The van der Waals surface area contributed by atoms with Crippen LogP contribution in [0.1, 0.15) is 45.4 Å². The Morgan fingerprint density at radius 1 is 1.40 bits per heavy atom. The van der Waals surface area contributed by atoms with Crippen molar-refractivity contribution >= 4 is 15.9 Å². The molecule has 0 aliphatic heterocycles. The summed E-state index contributed by atoms with van der Waals surface area (Å²) in [5.41, 5.74) is 0. The highest BCUT2D eigenvalue weighted by Gasteiger charge is 2.20. The normalized spacial score (nSPS) is 15.2. The highest BCUT2D eigenvalue weighted by atomic mass is 79.9. The molecule has 0 aromatic carbocycles. The van der Waals surface area contributed by atoms with E-state index in [1.807, 2.05) is 12.1 Å². The summed E-state index contributed by atoms with van der Waals surface area (Å²) < 4.78 is 6.43. The van der Waals surface area contributed by atoms with Crippen LogP contribution < -0.4 is 5.32 Å². The summed E-state index contributed by atoms with van der Waals surface area (Å²) in [5, 5.41) is 3.54. The molecule has 0 saturated carbocycles. The van der Waals surface area contributed by atoms with Gasteiger partial charge < -0.3 is 9.73 Å². The molecule has 1 aromatic rings. The van der Waals surface area contributed by atoms with E-state index in [0.717, 1.165) is 29.8 Å². The second-order valence-corrected chi connectivity index (χ2v) is 4.74. The van der Waals surface area contributed by atoms with Crippen molar-refractivity contribution in [1.82, 2.24) is 5.32 Å². The molecule has 15 heavy (non-hydrogen) atoms. The molecule has 3 heteroatoms. The topological polar surface area (TPSA) is 25.2 Å². The molecule has 1 aromatic heterocycles. The lowest BCUT2D eigenvalue weighted by atomic mass is 9.97. The van der Waals surface area contributed by atoms with Gasteiger partial charge in [-0.05, 0) is 46.9 Å². The van der Waals surface area contributed by atoms with Gasteiger partial charge in [0, 0.05) is 0 Å². The minimum atomic E-state index is 0.334. The number of hydrogen-bond acceptors (Lipinski definition) is 2. The zero-order chi connectivity index (χ0) is 11.3. The lowest BCUT2D eigenvalue weighted by Crippen LogP contribution is -2.27. The van der Waals surface area contributed by atoms with E-state index in [-0.39, 0.29) is 0 Å². The van der Waals surface area contributed by atoms with Gasteiger partial charge in [0.05, 0.1) is 6.04 Å². The standard InChI is InChI=1S/C12H20BrNO/c1-4-8-14-12(9(3)5-2)10-6-7-11(13)15-10/h6-7,9,12,14H,4-5,8H2,1-3H3. The number of nitrogens with one attached hydrogen (secondary N) is 1. The fourth-order valence-corrected chi connectivity index (χ4v) is 1.93. The Morgan fingerprint density at radius 3 is 2.60 bits per heavy atom. The molecule has 1 rings (SSSR count). The van der Waals surface area contributed by atoms with Crippen LogP contribution in [0.5, 0.6) is 0 Å². The van der Waals surface area contributed by atoms with Crippen molar-refractivity contribution < 1.29 is 4.42 Å². The van der Waals surface area contributed by atoms with Gasteiger partial charge in [-0.25, -0.2) is 0 Å². The van der Waals surface area contributed by atoms with E-state index in [9.17, 15) is 0 Å². The van der Waals surface area contributed by atoms with Crippen molar-refractivity contribution in [1.29, 1.82) is 0 Å². The maximum absolute atomic E-state index is 5.62. The Labute approximate surface area is 101 Å². The largest absolute Gasteiger partial charge is 0.453 e. The van der Waals surface area contributed by atoms with E-state index < -0.39 is 0 Å². The Bertz CT molecular complexity index is 285. The van der Waals surface area contributed by atoms with Crippen LogP contribution in [0.4, 0.5) is 0 Å². The molecule has 0 amide bonds. The van der Waals surface area contributed by atoms with Gasteiger partial charge in [-0.3, -0.25) is 0 Å². The van der Waals surface area contributed by atoms with Crippen molar-refractivity contribution in [3.8, 4) is 0 Å². The van der Waals surface area contributed by atoms with Crippen molar-refractivity contribution in [2.24, 2.45) is 5.92 Å². The smallest absolute Gasteiger partial charge is 0.169 e. The molecular formula is C12H20BrNO. The summed E-state index contributed by atoms with van der Waals surface area (Å²) in [7, 11) is 0. The Morgan fingerprint density at radius 2 is 2.13 bits per heavy atom. The highest BCUT2D eigenvalue weighted by molar-refractivity contribution is 9.10. The molecular weight excluding hydrogens is 254 g/mol. The summed E-state index contributed by atoms with van der Waals surface area (Å²) in [6, 6.07) is 4.34. The maximum atomic E-state index is 5.62. The van der Waals surface area contributed by atoms with Gasteiger partial charge in [0.1, 0.15) is 5.76 Å². The maximum Gasteiger partial charge on any atom is 0.169 e. The van der Waals surface area contributed by atoms with Crippen LogP contribution in [0.2, 0.25) is 0 Å². The monoisotopic (exact) mass is 273 g/mol. The zero-order valence-electron chi connectivity index (χ0n) is 9.72. The minimum Gasteiger partial charge on any atom is -0.453 e. The molecule has 0 saturated heterocycles. The van der Waals surface area contributed by atoms with Gasteiger partial charge in [0.15, 0.2) is 4.67 Å². The summed E-state index contributed by atoms with van der Waals surface area (Å²) in [5.74, 6) is 1.62. The van der Waals surface area contributed by atoms with Gasteiger partial charge in [-0.15, -0.1) is 0 Å². The molecule has 0 fully saturated rings. The van der Waals surface area contributed by atoms with Crippen LogP contribution in [-0.4, -0.2) is 6.54 Å². The van der Waals surface area contributed by atoms with E-state index >= 15 is 0 Å². The Kier molecular flexibility index (Phi) is 5.40. The number of halogens is 1. The van der Waals surface area contributed by atoms with Crippen molar-refractivity contribution in [3.63, 3.8) is 0 Å². The summed E-state index contributed by atoms with van der Waals surface area (Å²) >= 11 is 3.35. The van der Waals surface area contributed by atoms with E-state index in [2.05, 4.69) is 42.0 Å². The molecule has 1 N–H and O–H groups in total. The average molecular weight is 274 g/mol. The number of furan rings is 1. The molecule has 2 atom stereocenters. The number of hydrogen-bond donors (Lipinski definition) is 1. The van der Waals surface area contributed by atoms with Crippen molar-refractivity contribution in [2.45, 2.75) is 39.7 Å². The summed E-state index contributed by atoms with van der Waals surface area (Å²) in [6.45, 7) is 7.68. The molecule has 0 bridgehead atoms. The lowest BCUT2D eigenvalue weighted by Gasteiger charge is -2.22. The van der Waals surface area contributed by atoms with Crippen LogP contribution in [-0.2, 0) is 0 Å². The van der Waals surface area contributed by atoms with Gasteiger partial charge in [-0.2, -0.15) is 0 Å². The van der Waals surface area contributed by atoms with Crippen LogP contribution in [0, 0.1) is 5.92 Å². The molecule has 0 aliphatic rings. The van der Waals surface area contributed by atoms with E-state index in [1.54, 1.807) is 0 Å². The molecule has 0 radical (unpaired) electrons. The lowest BCUT2D eigenvalue weighted by molar-refractivity contribution is 0.315. The summed E-state index contributed by atoms with van der Waals surface area (Å²) in [6.07, 6.45) is 2.30. The zero-order valence-corrected chi connectivity index (χ0v) is 11.3. The predicted octanol–water partition coefficient (Wildman–Crippen LogP) is 4.13. The highest BCUT2D eigenvalue weighted by Crippen LogP contribution is 2.27. The van der Waals surface area contributed by atoms with Gasteiger partial charge in [0.25, 0.3) is 0 Å².